The van der Waals surface area contributed by atoms with Crippen LogP contribution in [-0.2, 0) is 21.3 Å². The third-order valence-corrected chi connectivity index (χ3v) is 7.06. The zero-order valence-electron chi connectivity index (χ0n) is 16.8. The van der Waals surface area contributed by atoms with Crippen LogP contribution in [-0.4, -0.2) is 66.1 Å². The molecule has 1 aromatic rings. The molecule has 0 unspecified atom stereocenters. The lowest BCUT2D eigenvalue weighted by atomic mass is 9.98. The van der Waals surface area contributed by atoms with E-state index in [0.29, 0.717) is 36.3 Å². The summed E-state index contributed by atoms with van der Waals surface area (Å²) in [7, 11) is 0. The van der Waals surface area contributed by atoms with Crippen LogP contribution in [0.3, 0.4) is 0 Å². The van der Waals surface area contributed by atoms with Gasteiger partial charge in [0.2, 0.25) is 5.88 Å². The predicted molar refractivity (Wildman–Crippen MR) is 110 cm³/mol. The molecule has 0 atom stereocenters. The van der Waals surface area contributed by atoms with E-state index in [1.165, 1.54) is 11.0 Å². The molecule has 1 aromatic heterocycles. The van der Waals surface area contributed by atoms with Gasteiger partial charge in [0.1, 0.15) is 28.4 Å². The van der Waals surface area contributed by atoms with Gasteiger partial charge >= 0.3 is 5.97 Å². The molecule has 1 aliphatic carbocycles. The van der Waals surface area contributed by atoms with Crippen molar-refractivity contribution in [3.05, 3.63) is 17.8 Å². The average molecular weight is 443 g/mol. The summed E-state index contributed by atoms with van der Waals surface area (Å²) in [4.78, 5) is 30.6. The number of amides is 1. The zero-order chi connectivity index (χ0) is 21.4. The van der Waals surface area contributed by atoms with Crippen molar-refractivity contribution in [1.29, 1.82) is 0 Å². The van der Waals surface area contributed by atoms with Crippen molar-refractivity contribution in [2.24, 2.45) is 5.92 Å². The molecule has 3 heterocycles. The Bertz CT molecular complexity index is 822. The van der Waals surface area contributed by atoms with E-state index in [9.17, 15) is 18.4 Å². The molecule has 0 bridgehead atoms. The quantitative estimate of drug-likeness (QED) is 0.355. The SMILES string of the molecule is CCOC(=O)CC1(NC(=O)c2ccc(N3CC(F)(F)C3)c(OCC3CC3)n2)C[SH+]C1. The summed E-state index contributed by atoms with van der Waals surface area (Å²) >= 11 is 1.16. The summed E-state index contributed by atoms with van der Waals surface area (Å²) in [6, 6.07) is 3.12. The Kier molecular flexibility index (Phi) is 5.78. The molecule has 10 heteroatoms. The fourth-order valence-electron chi connectivity index (χ4n) is 3.48. The lowest BCUT2D eigenvalue weighted by Gasteiger charge is -2.40. The topological polar surface area (TPSA) is 80.8 Å². The summed E-state index contributed by atoms with van der Waals surface area (Å²) in [6.07, 6.45) is 2.27. The van der Waals surface area contributed by atoms with Gasteiger partial charge in [0, 0.05) is 0 Å². The standard InChI is InChI=1S/C20H25F2N3O4S/c1-2-28-16(26)7-19(11-30-12-19)24-17(27)14-5-6-15(25-9-20(21,22)10-25)18(23-14)29-8-13-3-4-13/h5-6,13H,2-4,7-12H2,1H3,(H,24,27)/p+1. The number of carbonyl (C=O) groups excluding carboxylic acids is 2. The summed E-state index contributed by atoms with van der Waals surface area (Å²) < 4.78 is 37.5. The molecule has 3 aliphatic rings. The van der Waals surface area contributed by atoms with Gasteiger partial charge in [0.05, 0.1) is 32.7 Å². The van der Waals surface area contributed by atoms with Gasteiger partial charge in [-0.05, 0) is 49.6 Å². The number of anilines is 1. The van der Waals surface area contributed by atoms with E-state index in [2.05, 4.69) is 10.3 Å². The minimum absolute atomic E-state index is 0.117. The Labute approximate surface area is 177 Å². The van der Waals surface area contributed by atoms with Gasteiger partial charge in [-0.2, -0.15) is 0 Å². The number of halogens is 2. The van der Waals surface area contributed by atoms with E-state index in [1.54, 1.807) is 13.0 Å². The van der Waals surface area contributed by atoms with Crippen LogP contribution in [0.25, 0.3) is 0 Å². The van der Waals surface area contributed by atoms with E-state index in [-0.39, 0.29) is 37.1 Å². The molecule has 1 amide bonds. The highest BCUT2D eigenvalue weighted by Gasteiger charge is 2.49. The fourth-order valence-corrected chi connectivity index (χ4v) is 4.63. The molecule has 0 aromatic carbocycles. The van der Waals surface area contributed by atoms with E-state index < -0.39 is 17.4 Å². The summed E-state index contributed by atoms with van der Waals surface area (Å²) in [5.41, 5.74) is -0.00931. The highest BCUT2D eigenvalue weighted by molar-refractivity contribution is 7.80. The highest BCUT2D eigenvalue weighted by Crippen LogP contribution is 2.38. The number of thiol groups is 1. The number of pyridine rings is 1. The van der Waals surface area contributed by atoms with Crippen molar-refractivity contribution in [2.75, 3.05) is 42.7 Å². The van der Waals surface area contributed by atoms with Crippen molar-refractivity contribution in [3.8, 4) is 5.88 Å². The Morgan fingerprint density at radius 3 is 2.60 bits per heavy atom. The number of rotatable bonds is 9. The fraction of sp³-hybridized carbons (Fsp3) is 0.650. The Hall–Kier alpha value is -2.10. The van der Waals surface area contributed by atoms with Gasteiger partial charge in [0.25, 0.3) is 11.8 Å². The first-order valence-corrected chi connectivity index (χ1v) is 11.4. The number of esters is 1. The minimum Gasteiger partial charge on any atom is -0.476 e. The molecule has 0 radical (unpaired) electrons. The molecule has 1 saturated carbocycles. The van der Waals surface area contributed by atoms with E-state index in [1.807, 2.05) is 0 Å². The average Bonchev–Trinajstić information content (AvgIpc) is 3.47. The number of carbonyl (C=O) groups is 2. The third-order valence-electron chi connectivity index (χ3n) is 5.41. The van der Waals surface area contributed by atoms with Crippen molar-refractivity contribution in [3.63, 3.8) is 0 Å². The van der Waals surface area contributed by atoms with Gasteiger partial charge < -0.3 is 19.7 Å². The summed E-state index contributed by atoms with van der Waals surface area (Å²) in [5, 5.41) is 2.93. The van der Waals surface area contributed by atoms with Crippen molar-refractivity contribution >= 4 is 29.3 Å². The maximum Gasteiger partial charge on any atom is 0.308 e. The van der Waals surface area contributed by atoms with Gasteiger partial charge in [-0.25, -0.2) is 13.8 Å². The van der Waals surface area contributed by atoms with Gasteiger partial charge in [-0.1, -0.05) is 0 Å². The molecular weight excluding hydrogens is 416 g/mol. The van der Waals surface area contributed by atoms with E-state index >= 15 is 0 Å². The van der Waals surface area contributed by atoms with Crippen molar-refractivity contribution in [2.45, 2.75) is 37.6 Å². The Morgan fingerprint density at radius 1 is 1.30 bits per heavy atom. The maximum atomic E-state index is 13.3. The highest BCUT2D eigenvalue weighted by atomic mass is 32.2. The van der Waals surface area contributed by atoms with Gasteiger partial charge in [-0.15, -0.1) is 0 Å². The van der Waals surface area contributed by atoms with Crippen LogP contribution < -0.4 is 15.0 Å². The molecule has 4 rings (SSSR count). The number of ether oxygens (including phenoxy) is 2. The molecule has 164 valence electrons. The first kappa shape index (κ1) is 21.1. The largest absolute Gasteiger partial charge is 0.476 e. The van der Waals surface area contributed by atoms with Crippen LogP contribution in [0.2, 0.25) is 0 Å². The molecular formula is C20H26F2N3O4S+. The molecule has 30 heavy (non-hydrogen) atoms. The van der Waals surface area contributed by atoms with Crippen LogP contribution in [0.15, 0.2) is 12.1 Å². The maximum absolute atomic E-state index is 13.3. The summed E-state index contributed by atoms with van der Waals surface area (Å²) in [6.45, 7) is 1.72. The second-order valence-electron chi connectivity index (χ2n) is 8.24. The van der Waals surface area contributed by atoms with Crippen LogP contribution in [0, 0.1) is 5.92 Å². The van der Waals surface area contributed by atoms with Crippen LogP contribution in [0.5, 0.6) is 5.88 Å². The first-order valence-electron chi connectivity index (χ1n) is 10.2. The second-order valence-corrected chi connectivity index (χ2v) is 9.32. The van der Waals surface area contributed by atoms with Crippen molar-refractivity contribution < 1.29 is 27.8 Å². The van der Waals surface area contributed by atoms with Crippen LogP contribution in [0.1, 0.15) is 36.7 Å². The van der Waals surface area contributed by atoms with Crippen LogP contribution >= 0.6 is 0 Å². The number of hydrogen-bond donors (Lipinski definition) is 1. The Morgan fingerprint density at radius 2 is 2.03 bits per heavy atom. The molecule has 2 aliphatic heterocycles. The summed E-state index contributed by atoms with van der Waals surface area (Å²) in [5.74, 6) is -1.47. The number of alkyl halides is 2. The lowest BCUT2D eigenvalue weighted by Crippen LogP contribution is -2.62. The lowest BCUT2D eigenvalue weighted by molar-refractivity contribution is -0.144. The van der Waals surface area contributed by atoms with E-state index in [4.69, 9.17) is 9.47 Å². The molecule has 2 saturated heterocycles. The Balaban J connectivity index is 1.47. The zero-order valence-corrected chi connectivity index (χ0v) is 17.7. The number of hydrogen-bond acceptors (Lipinski definition) is 6. The third kappa shape index (κ3) is 4.79. The molecule has 0 spiro atoms. The van der Waals surface area contributed by atoms with Crippen molar-refractivity contribution in [1.82, 2.24) is 10.3 Å². The predicted octanol–water partition coefficient (Wildman–Crippen LogP) is 1.58. The number of nitrogens with one attached hydrogen (secondary N) is 1. The van der Waals surface area contributed by atoms with E-state index in [0.717, 1.165) is 24.6 Å². The normalized spacial score (nSPS) is 21.2. The molecule has 7 nitrogen and oxygen atoms in total. The second kappa shape index (κ2) is 8.20. The molecule has 3 fully saturated rings. The number of aromatic nitrogens is 1. The van der Waals surface area contributed by atoms with Gasteiger partial charge in [-0.3, -0.25) is 9.59 Å². The smallest absolute Gasteiger partial charge is 0.308 e. The monoisotopic (exact) mass is 442 g/mol. The minimum atomic E-state index is -2.72. The number of nitrogens with zero attached hydrogens (tertiary/aromatic N) is 2. The first-order chi connectivity index (χ1) is 14.3. The van der Waals surface area contributed by atoms with Crippen LogP contribution in [0.4, 0.5) is 14.5 Å². The van der Waals surface area contributed by atoms with Gasteiger partial charge in [0.15, 0.2) is 0 Å². The molecule has 1 N–H and O–H groups in total.